The van der Waals surface area contributed by atoms with Crippen molar-refractivity contribution in [3.05, 3.63) is 34.3 Å². The zero-order valence-corrected chi connectivity index (χ0v) is 10.9. The second-order valence-corrected chi connectivity index (χ2v) is 5.69. The molecule has 0 saturated carbocycles. The van der Waals surface area contributed by atoms with Crippen LogP contribution in [0.15, 0.2) is 28.7 Å². The van der Waals surface area contributed by atoms with Crippen molar-refractivity contribution < 1.29 is 9.90 Å². The van der Waals surface area contributed by atoms with E-state index in [0.29, 0.717) is 5.75 Å². The Labute approximate surface area is 107 Å². The van der Waals surface area contributed by atoms with Gasteiger partial charge >= 0.3 is 5.97 Å². The third-order valence-corrected chi connectivity index (χ3v) is 4.21. The molecule has 3 nitrogen and oxygen atoms in total. The maximum absolute atomic E-state index is 10.9. The Morgan fingerprint density at radius 3 is 2.69 bits per heavy atom. The Kier molecular flexibility index (Phi) is 3.89. The van der Waals surface area contributed by atoms with E-state index in [9.17, 15) is 4.79 Å². The predicted molar refractivity (Wildman–Crippen MR) is 68.8 cm³/mol. The Morgan fingerprint density at radius 2 is 2.06 bits per heavy atom. The minimum Gasteiger partial charge on any atom is -0.480 e. The van der Waals surface area contributed by atoms with Crippen LogP contribution in [0.2, 0.25) is 0 Å². The summed E-state index contributed by atoms with van der Waals surface area (Å²) in [6.45, 7) is 0. The molecule has 1 fully saturated rings. The Morgan fingerprint density at radius 1 is 1.38 bits per heavy atom. The highest BCUT2D eigenvalue weighted by molar-refractivity contribution is 9.10. The van der Waals surface area contributed by atoms with Gasteiger partial charge in [-0.1, -0.05) is 28.1 Å². The molecule has 1 aliphatic rings. The van der Waals surface area contributed by atoms with E-state index < -0.39 is 12.0 Å². The van der Waals surface area contributed by atoms with E-state index in [2.05, 4.69) is 21.2 Å². The van der Waals surface area contributed by atoms with Crippen molar-refractivity contribution in [1.82, 2.24) is 5.32 Å². The van der Waals surface area contributed by atoms with Crippen LogP contribution in [0.3, 0.4) is 0 Å². The quantitative estimate of drug-likeness (QED) is 0.880. The van der Waals surface area contributed by atoms with E-state index in [1.807, 2.05) is 24.3 Å². The molecule has 1 aromatic carbocycles. The van der Waals surface area contributed by atoms with Crippen LogP contribution in [0.5, 0.6) is 0 Å². The average molecular weight is 302 g/mol. The molecule has 0 radical (unpaired) electrons. The van der Waals surface area contributed by atoms with Gasteiger partial charge in [-0.15, -0.1) is 0 Å². The topological polar surface area (TPSA) is 49.3 Å². The number of carboxylic acids is 1. The van der Waals surface area contributed by atoms with Gasteiger partial charge in [0, 0.05) is 22.0 Å². The molecule has 2 rings (SSSR count). The fraction of sp³-hybridized carbons (Fsp3) is 0.364. The molecule has 16 heavy (non-hydrogen) atoms. The van der Waals surface area contributed by atoms with Crippen LogP contribution in [0.1, 0.15) is 11.6 Å². The summed E-state index contributed by atoms with van der Waals surface area (Å²) < 4.78 is 1.04. The molecule has 86 valence electrons. The largest absolute Gasteiger partial charge is 0.480 e. The lowest BCUT2D eigenvalue weighted by Gasteiger charge is -2.28. The minimum atomic E-state index is -0.769. The van der Waals surface area contributed by atoms with Crippen LogP contribution >= 0.6 is 27.7 Å². The van der Waals surface area contributed by atoms with Crippen LogP contribution < -0.4 is 5.32 Å². The molecule has 0 bridgehead atoms. The van der Waals surface area contributed by atoms with Crippen LogP contribution in [0, 0.1) is 0 Å². The van der Waals surface area contributed by atoms with Crippen molar-refractivity contribution in [2.24, 2.45) is 0 Å². The summed E-state index contributed by atoms with van der Waals surface area (Å²) in [6.07, 6.45) is 0. The molecule has 5 heteroatoms. The van der Waals surface area contributed by atoms with Crippen molar-refractivity contribution in [2.75, 3.05) is 11.5 Å². The van der Waals surface area contributed by atoms with E-state index in [0.717, 1.165) is 15.8 Å². The standard InChI is InChI=1S/C11H12BrNO2S/c12-8-3-1-7(2-4-8)9-5-16-6-10(13-9)11(14)15/h1-4,9-10,13H,5-6H2,(H,14,15). The number of carboxylic acid groups (broad SMARTS) is 1. The molecule has 2 unspecified atom stereocenters. The van der Waals surface area contributed by atoms with E-state index in [-0.39, 0.29) is 6.04 Å². The SMILES string of the molecule is O=C(O)C1CSCC(c2ccc(Br)cc2)N1. The number of aliphatic carboxylic acids is 1. The normalized spacial score (nSPS) is 25.3. The molecule has 0 aromatic heterocycles. The summed E-state index contributed by atoms with van der Waals surface area (Å²) in [4.78, 5) is 10.9. The lowest BCUT2D eigenvalue weighted by atomic mass is 10.1. The van der Waals surface area contributed by atoms with Crippen LogP contribution in [0.25, 0.3) is 0 Å². The van der Waals surface area contributed by atoms with Crippen LogP contribution in [-0.4, -0.2) is 28.6 Å². The molecule has 1 saturated heterocycles. The predicted octanol–water partition coefficient (Wildman–Crippen LogP) is 2.28. The van der Waals surface area contributed by atoms with Crippen LogP contribution in [-0.2, 0) is 4.79 Å². The first-order valence-electron chi connectivity index (χ1n) is 4.99. The van der Waals surface area contributed by atoms with Gasteiger partial charge in [0.05, 0.1) is 0 Å². The van der Waals surface area contributed by atoms with Gasteiger partial charge in [-0.3, -0.25) is 10.1 Å². The highest BCUT2D eigenvalue weighted by atomic mass is 79.9. The highest BCUT2D eigenvalue weighted by Gasteiger charge is 2.27. The van der Waals surface area contributed by atoms with Crippen molar-refractivity contribution >= 4 is 33.7 Å². The lowest BCUT2D eigenvalue weighted by molar-refractivity contribution is -0.139. The van der Waals surface area contributed by atoms with Crippen molar-refractivity contribution in [1.29, 1.82) is 0 Å². The van der Waals surface area contributed by atoms with Crippen molar-refractivity contribution in [2.45, 2.75) is 12.1 Å². The van der Waals surface area contributed by atoms with Gasteiger partial charge in [-0.25, -0.2) is 0 Å². The third kappa shape index (κ3) is 2.78. The smallest absolute Gasteiger partial charge is 0.321 e. The second-order valence-electron chi connectivity index (χ2n) is 3.70. The third-order valence-electron chi connectivity index (χ3n) is 2.54. The number of nitrogens with one attached hydrogen (secondary N) is 1. The average Bonchev–Trinajstić information content (AvgIpc) is 2.30. The van der Waals surface area contributed by atoms with E-state index in [1.165, 1.54) is 0 Å². The number of benzene rings is 1. The molecule has 1 aromatic rings. The number of hydrogen-bond acceptors (Lipinski definition) is 3. The lowest BCUT2D eigenvalue weighted by Crippen LogP contribution is -2.45. The molecular weight excluding hydrogens is 290 g/mol. The second kappa shape index (κ2) is 5.21. The summed E-state index contributed by atoms with van der Waals surface area (Å²) in [5.41, 5.74) is 1.14. The van der Waals surface area contributed by atoms with E-state index in [4.69, 9.17) is 5.11 Å². The number of thioether (sulfide) groups is 1. The van der Waals surface area contributed by atoms with Gasteiger partial charge in [-0.05, 0) is 17.7 Å². The number of rotatable bonds is 2. The van der Waals surface area contributed by atoms with Gasteiger partial charge in [-0.2, -0.15) is 11.8 Å². The zero-order chi connectivity index (χ0) is 11.5. The van der Waals surface area contributed by atoms with Crippen molar-refractivity contribution in [3.8, 4) is 0 Å². The monoisotopic (exact) mass is 301 g/mol. The Hall–Kier alpha value is -0.520. The first kappa shape index (κ1) is 12.0. The zero-order valence-electron chi connectivity index (χ0n) is 8.52. The van der Waals surface area contributed by atoms with Crippen LogP contribution in [0.4, 0.5) is 0 Å². The molecule has 0 amide bonds. The summed E-state index contributed by atoms with van der Waals surface area (Å²) in [6, 6.07) is 7.69. The van der Waals surface area contributed by atoms with Gasteiger partial charge in [0.1, 0.15) is 6.04 Å². The molecular formula is C11H12BrNO2S. The maximum Gasteiger partial charge on any atom is 0.321 e. The summed E-state index contributed by atoms with van der Waals surface area (Å²) in [7, 11) is 0. The minimum absolute atomic E-state index is 0.132. The molecule has 2 atom stereocenters. The van der Waals surface area contributed by atoms with Gasteiger partial charge in [0.15, 0.2) is 0 Å². The summed E-state index contributed by atoms with van der Waals surface area (Å²) in [5, 5.41) is 12.1. The first-order chi connectivity index (χ1) is 7.66. The number of halogens is 1. The van der Waals surface area contributed by atoms with Gasteiger partial charge in [0.2, 0.25) is 0 Å². The molecule has 0 aliphatic carbocycles. The maximum atomic E-state index is 10.9. The molecule has 0 spiro atoms. The number of hydrogen-bond donors (Lipinski definition) is 2. The highest BCUT2D eigenvalue weighted by Crippen LogP contribution is 2.25. The van der Waals surface area contributed by atoms with Gasteiger partial charge < -0.3 is 5.11 Å². The fourth-order valence-corrected chi connectivity index (χ4v) is 3.07. The number of carbonyl (C=O) groups is 1. The van der Waals surface area contributed by atoms with Crippen molar-refractivity contribution in [3.63, 3.8) is 0 Å². The van der Waals surface area contributed by atoms with E-state index >= 15 is 0 Å². The molecule has 1 heterocycles. The Bertz CT molecular complexity index is 382. The van der Waals surface area contributed by atoms with Gasteiger partial charge in [0.25, 0.3) is 0 Å². The molecule has 2 N–H and O–H groups in total. The van der Waals surface area contributed by atoms with E-state index in [1.54, 1.807) is 11.8 Å². The fourth-order valence-electron chi connectivity index (χ4n) is 1.67. The first-order valence-corrected chi connectivity index (χ1v) is 6.93. The summed E-state index contributed by atoms with van der Waals surface area (Å²) in [5.74, 6) is 0.794. The Balaban J connectivity index is 2.09. The summed E-state index contributed by atoms with van der Waals surface area (Å²) >= 11 is 5.07. The molecule has 1 aliphatic heterocycles.